The number of aliphatic carboxylic acids is 1. The Balaban J connectivity index is 1.25. The van der Waals surface area contributed by atoms with Crippen LogP contribution in [0.2, 0.25) is 0 Å². The third kappa shape index (κ3) is 4.76. The molecule has 0 bridgehead atoms. The molecule has 0 saturated heterocycles. The predicted molar refractivity (Wildman–Crippen MR) is 137 cm³/mol. The van der Waals surface area contributed by atoms with Gasteiger partial charge in [0.1, 0.15) is 17.6 Å². The number of aryl methyl sites for hydroxylation is 1. The van der Waals surface area contributed by atoms with Crippen molar-refractivity contribution in [2.24, 2.45) is 0 Å². The van der Waals surface area contributed by atoms with Crippen molar-refractivity contribution in [3.05, 3.63) is 94.5 Å². The molecule has 1 atom stereocenters. The summed E-state index contributed by atoms with van der Waals surface area (Å²) < 4.78 is 8.34. The number of H-pyrrole nitrogens is 1. The molecule has 0 aliphatic carbocycles. The van der Waals surface area contributed by atoms with Crippen LogP contribution in [-0.2, 0) is 17.8 Å². The molecule has 0 fully saturated rings. The van der Waals surface area contributed by atoms with E-state index in [1.165, 1.54) is 0 Å². The van der Waals surface area contributed by atoms with Crippen LogP contribution in [-0.4, -0.2) is 38.6 Å². The fourth-order valence-corrected chi connectivity index (χ4v) is 4.66. The standard InChI is InChI=1S/C26H25N5O3S/c1-17-28-29-26(35)31(17)21-11-9-20(10-12-21)27-16-34-23-8-4-7-22(14-23)30-15-19-6-3-2-5-18(19)13-24(30)25(32)33/h2-12,14,24,27H,13,15-16H2,1H3,(H,29,35)(H,32,33). The van der Waals surface area contributed by atoms with Gasteiger partial charge in [0.05, 0.1) is 0 Å². The third-order valence-corrected chi connectivity index (χ3v) is 6.44. The zero-order valence-corrected chi connectivity index (χ0v) is 20.0. The van der Waals surface area contributed by atoms with Gasteiger partial charge in [-0.3, -0.25) is 9.67 Å². The van der Waals surface area contributed by atoms with E-state index in [2.05, 4.69) is 21.6 Å². The summed E-state index contributed by atoms with van der Waals surface area (Å²) in [5.41, 5.74) is 4.88. The van der Waals surface area contributed by atoms with Crippen molar-refractivity contribution in [1.29, 1.82) is 0 Å². The minimum Gasteiger partial charge on any atom is -0.480 e. The van der Waals surface area contributed by atoms with Crippen molar-refractivity contribution in [3.63, 3.8) is 0 Å². The van der Waals surface area contributed by atoms with Gasteiger partial charge in [-0.2, -0.15) is 5.10 Å². The lowest BCUT2D eigenvalue weighted by atomic mass is 9.93. The molecule has 0 radical (unpaired) electrons. The maximum atomic E-state index is 12.0. The van der Waals surface area contributed by atoms with E-state index in [0.29, 0.717) is 23.5 Å². The average Bonchev–Trinajstić information content (AvgIpc) is 3.21. The number of aromatic amines is 1. The quantitative estimate of drug-likeness (QED) is 0.257. The molecule has 1 aliphatic rings. The summed E-state index contributed by atoms with van der Waals surface area (Å²) in [6.07, 6.45) is 0.470. The first kappa shape index (κ1) is 22.7. The zero-order valence-electron chi connectivity index (χ0n) is 19.1. The second kappa shape index (κ2) is 9.63. The molecule has 3 N–H and O–H groups in total. The van der Waals surface area contributed by atoms with Crippen molar-refractivity contribution in [3.8, 4) is 11.4 Å². The monoisotopic (exact) mass is 487 g/mol. The number of carboxylic acids is 1. The summed E-state index contributed by atoms with van der Waals surface area (Å²) in [5, 5.41) is 20.0. The summed E-state index contributed by atoms with van der Waals surface area (Å²) in [4.78, 5) is 13.9. The van der Waals surface area contributed by atoms with Gasteiger partial charge in [-0.1, -0.05) is 30.3 Å². The minimum atomic E-state index is -0.831. The molecule has 1 aromatic heterocycles. The Hall–Kier alpha value is -4.11. The Kier molecular flexibility index (Phi) is 6.24. The van der Waals surface area contributed by atoms with E-state index in [-0.39, 0.29) is 6.73 Å². The molecule has 0 spiro atoms. The lowest BCUT2D eigenvalue weighted by Gasteiger charge is -2.36. The van der Waals surface area contributed by atoms with Gasteiger partial charge in [-0.15, -0.1) is 0 Å². The Morgan fingerprint density at radius 3 is 2.60 bits per heavy atom. The number of anilines is 2. The minimum absolute atomic E-state index is 0.262. The number of fused-ring (bicyclic) bond motifs is 1. The van der Waals surface area contributed by atoms with Crippen molar-refractivity contribution < 1.29 is 14.6 Å². The molecule has 2 heterocycles. The smallest absolute Gasteiger partial charge is 0.326 e. The number of nitrogens with one attached hydrogen (secondary N) is 2. The largest absolute Gasteiger partial charge is 0.480 e. The van der Waals surface area contributed by atoms with E-state index in [9.17, 15) is 9.90 Å². The molecule has 1 aliphatic heterocycles. The second-order valence-corrected chi connectivity index (χ2v) is 8.76. The molecule has 8 nitrogen and oxygen atoms in total. The summed E-state index contributed by atoms with van der Waals surface area (Å²) in [6, 6.07) is 22.8. The third-order valence-electron chi connectivity index (χ3n) is 6.16. The average molecular weight is 488 g/mol. The molecule has 3 aromatic carbocycles. The predicted octanol–water partition coefficient (Wildman–Crippen LogP) is 4.70. The van der Waals surface area contributed by atoms with Crippen LogP contribution >= 0.6 is 12.2 Å². The molecular weight excluding hydrogens is 462 g/mol. The highest BCUT2D eigenvalue weighted by atomic mass is 32.1. The maximum absolute atomic E-state index is 12.0. The number of carbonyl (C=O) groups is 1. The van der Waals surface area contributed by atoms with Gasteiger partial charge in [0.15, 0.2) is 11.5 Å². The number of carboxylic acid groups (broad SMARTS) is 1. The van der Waals surface area contributed by atoms with Crippen molar-refractivity contribution in [1.82, 2.24) is 14.8 Å². The molecule has 178 valence electrons. The van der Waals surface area contributed by atoms with E-state index in [4.69, 9.17) is 17.0 Å². The van der Waals surface area contributed by atoms with Crippen LogP contribution in [0.5, 0.6) is 5.75 Å². The SMILES string of the molecule is Cc1n[nH]c(=S)n1-c1ccc(NCOc2cccc(N3Cc4ccccc4CC3C(=O)O)c2)cc1. The Morgan fingerprint density at radius 2 is 1.89 bits per heavy atom. The fourth-order valence-electron chi connectivity index (χ4n) is 4.38. The van der Waals surface area contributed by atoms with Gasteiger partial charge in [0.25, 0.3) is 0 Å². The van der Waals surface area contributed by atoms with Crippen LogP contribution < -0.4 is 15.0 Å². The van der Waals surface area contributed by atoms with Crippen LogP contribution in [0.4, 0.5) is 11.4 Å². The van der Waals surface area contributed by atoms with E-state index < -0.39 is 12.0 Å². The first-order chi connectivity index (χ1) is 17.0. The molecule has 0 saturated carbocycles. The van der Waals surface area contributed by atoms with Crippen LogP contribution in [0.1, 0.15) is 17.0 Å². The normalized spacial score (nSPS) is 14.9. The highest BCUT2D eigenvalue weighted by molar-refractivity contribution is 7.71. The van der Waals surface area contributed by atoms with E-state index >= 15 is 0 Å². The number of rotatable bonds is 7. The van der Waals surface area contributed by atoms with Gasteiger partial charge in [0.2, 0.25) is 0 Å². The van der Waals surface area contributed by atoms with E-state index in [1.54, 1.807) is 0 Å². The highest BCUT2D eigenvalue weighted by Gasteiger charge is 2.31. The molecule has 4 aromatic rings. The molecule has 5 rings (SSSR count). The molecular formula is C26H25N5O3S. The summed E-state index contributed by atoms with van der Waals surface area (Å²) >= 11 is 5.28. The number of ether oxygens (including phenoxy) is 1. The Labute approximate surface area is 207 Å². The second-order valence-electron chi connectivity index (χ2n) is 8.38. The number of benzene rings is 3. The van der Waals surface area contributed by atoms with Crippen molar-refractivity contribution >= 4 is 29.6 Å². The Bertz CT molecular complexity index is 1410. The highest BCUT2D eigenvalue weighted by Crippen LogP contribution is 2.31. The number of hydrogen-bond acceptors (Lipinski definition) is 6. The Morgan fingerprint density at radius 1 is 1.11 bits per heavy atom. The lowest BCUT2D eigenvalue weighted by Crippen LogP contribution is -2.45. The van der Waals surface area contributed by atoms with E-state index in [0.717, 1.165) is 34.0 Å². The maximum Gasteiger partial charge on any atom is 0.326 e. The van der Waals surface area contributed by atoms with Crippen LogP contribution in [0.15, 0.2) is 72.8 Å². The number of nitrogens with zero attached hydrogens (tertiary/aromatic N) is 3. The lowest BCUT2D eigenvalue weighted by molar-refractivity contribution is -0.138. The van der Waals surface area contributed by atoms with Crippen LogP contribution in [0.25, 0.3) is 5.69 Å². The van der Waals surface area contributed by atoms with Crippen LogP contribution in [0, 0.1) is 11.7 Å². The molecule has 1 unspecified atom stereocenters. The van der Waals surface area contributed by atoms with Crippen molar-refractivity contribution in [2.75, 3.05) is 16.9 Å². The molecule has 35 heavy (non-hydrogen) atoms. The van der Waals surface area contributed by atoms with Gasteiger partial charge < -0.3 is 20.1 Å². The number of hydrogen-bond donors (Lipinski definition) is 3. The molecule has 9 heteroatoms. The summed E-state index contributed by atoms with van der Waals surface area (Å²) in [7, 11) is 0. The van der Waals surface area contributed by atoms with Crippen LogP contribution in [0.3, 0.4) is 0 Å². The van der Waals surface area contributed by atoms with Crippen molar-refractivity contribution in [2.45, 2.75) is 25.9 Å². The van der Waals surface area contributed by atoms with Gasteiger partial charge in [-0.25, -0.2) is 4.79 Å². The molecule has 0 amide bonds. The summed E-state index contributed by atoms with van der Waals surface area (Å²) in [5.74, 6) is 0.624. The number of aromatic nitrogens is 3. The summed E-state index contributed by atoms with van der Waals surface area (Å²) in [6.45, 7) is 2.70. The van der Waals surface area contributed by atoms with Gasteiger partial charge in [-0.05, 0) is 66.7 Å². The van der Waals surface area contributed by atoms with Gasteiger partial charge in [0, 0.05) is 36.1 Å². The zero-order chi connectivity index (χ0) is 24.4. The van der Waals surface area contributed by atoms with E-state index in [1.807, 2.05) is 83.1 Å². The van der Waals surface area contributed by atoms with Gasteiger partial charge >= 0.3 is 5.97 Å². The fraction of sp³-hybridized carbons (Fsp3) is 0.192. The first-order valence-electron chi connectivity index (χ1n) is 11.3. The first-order valence-corrected chi connectivity index (χ1v) is 11.7. The topological polar surface area (TPSA) is 95.4 Å².